The third kappa shape index (κ3) is 4.71. The molecule has 122 valence electrons. The van der Waals surface area contributed by atoms with Gasteiger partial charge in [0.15, 0.2) is 0 Å². The van der Waals surface area contributed by atoms with Crippen LogP contribution in [0, 0.1) is 0 Å². The Morgan fingerprint density at radius 2 is 1.91 bits per heavy atom. The summed E-state index contributed by atoms with van der Waals surface area (Å²) in [5, 5.41) is 0. The summed E-state index contributed by atoms with van der Waals surface area (Å²) in [7, 11) is -3.97. The lowest BCUT2D eigenvalue weighted by molar-refractivity contribution is 0.0242. The van der Waals surface area contributed by atoms with E-state index in [-0.39, 0.29) is 18.3 Å². The lowest BCUT2D eigenvalue weighted by atomic mass is 10.1. The van der Waals surface area contributed by atoms with Crippen LogP contribution in [0.2, 0.25) is 0 Å². The maximum Gasteiger partial charge on any atom is 0.410 e. The highest BCUT2D eigenvalue weighted by Crippen LogP contribution is 2.25. The van der Waals surface area contributed by atoms with Crippen molar-refractivity contribution in [2.24, 2.45) is 0 Å². The van der Waals surface area contributed by atoms with E-state index in [1.807, 2.05) is 39.0 Å². The fourth-order valence-corrected chi connectivity index (χ4v) is 2.80. The first-order valence-electron chi connectivity index (χ1n) is 7.07. The van der Waals surface area contributed by atoms with Crippen LogP contribution >= 0.6 is 0 Å². The fraction of sp³-hybridized carbons (Fsp3) is 0.533. The molecule has 0 aliphatic carbocycles. The van der Waals surface area contributed by atoms with Gasteiger partial charge in [-0.1, -0.05) is 18.2 Å². The van der Waals surface area contributed by atoms with Gasteiger partial charge in [-0.3, -0.25) is 9.45 Å². The van der Waals surface area contributed by atoms with Crippen molar-refractivity contribution < 1.29 is 22.5 Å². The number of hydrogen-bond donors (Lipinski definition) is 1. The van der Waals surface area contributed by atoms with Crippen LogP contribution < -0.4 is 0 Å². The first-order valence-corrected chi connectivity index (χ1v) is 8.68. The molecular formula is C15H21NO5S. The Bertz CT molecular complexity index is 676. The minimum absolute atomic E-state index is 0.249. The highest BCUT2D eigenvalue weighted by molar-refractivity contribution is 7.85. The molecule has 0 spiro atoms. The molecule has 0 unspecified atom stereocenters. The molecule has 0 bridgehead atoms. The quantitative estimate of drug-likeness (QED) is 0.862. The van der Waals surface area contributed by atoms with Gasteiger partial charge < -0.3 is 4.74 Å². The average Bonchev–Trinajstić information content (AvgIpc) is 2.76. The molecule has 2 rings (SSSR count). The first kappa shape index (κ1) is 16.8. The predicted molar refractivity (Wildman–Crippen MR) is 82.0 cm³/mol. The number of carbonyl (C=O) groups excluding carboxylic acids is 1. The molecule has 1 N–H and O–H groups in total. The van der Waals surface area contributed by atoms with E-state index >= 15 is 0 Å². The first-order chi connectivity index (χ1) is 10.0. The van der Waals surface area contributed by atoms with Crippen molar-refractivity contribution in [1.29, 1.82) is 0 Å². The summed E-state index contributed by atoms with van der Waals surface area (Å²) in [5.74, 6) is -0.304. The van der Waals surface area contributed by atoms with Crippen LogP contribution in [0.5, 0.6) is 0 Å². The van der Waals surface area contributed by atoms with Gasteiger partial charge in [0.1, 0.15) is 5.60 Å². The molecule has 22 heavy (non-hydrogen) atoms. The summed E-state index contributed by atoms with van der Waals surface area (Å²) in [5.41, 5.74) is 2.30. The van der Waals surface area contributed by atoms with E-state index in [1.165, 1.54) is 0 Å². The summed E-state index contributed by atoms with van der Waals surface area (Å²) >= 11 is 0. The van der Waals surface area contributed by atoms with Crippen molar-refractivity contribution in [3.05, 3.63) is 34.9 Å². The average molecular weight is 327 g/mol. The second-order valence-corrected chi connectivity index (χ2v) is 8.05. The lowest BCUT2D eigenvalue weighted by Gasteiger charge is -2.24. The van der Waals surface area contributed by atoms with Gasteiger partial charge in [0.2, 0.25) is 0 Å². The van der Waals surface area contributed by atoms with Crippen molar-refractivity contribution >= 4 is 16.2 Å². The van der Waals surface area contributed by atoms with Gasteiger partial charge in [0, 0.05) is 13.1 Å². The number of hydrogen-bond acceptors (Lipinski definition) is 4. The standard InChI is InChI=1S/C15H21NO5S/c1-15(2,3)21-14(17)16-9-12-5-4-11(8-13(12)10-16)6-7-22(18,19)20/h4-5,8H,6-7,9-10H2,1-3H3,(H,18,19,20). The molecule has 1 amide bonds. The fourth-order valence-electron chi connectivity index (χ4n) is 2.31. The summed E-state index contributed by atoms with van der Waals surface area (Å²) in [6.45, 7) is 6.40. The highest BCUT2D eigenvalue weighted by Gasteiger charge is 2.27. The van der Waals surface area contributed by atoms with Crippen molar-refractivity contribution in [1.82, 2.24) is 4.90 Å². The second kappa shape index (κ2) is 5.89. The Hall–Kier alpha value is -1.60. The predicted octanol–water partition coefficient (Wildman–Crippen LogP) is 2.37. The van der Waals surface area contributed by atoms with Gasteiger partial charge in [-0.2, -0.15) is 8.42 Å². The number of aryl methyl sites for hydroxylation is 1. The monoisotopic (exact) mass is 327 g/mol. The number of fused-ring (bicyclic) bond motifs is 1. The third-order valence-corrected chi connectivity index (χ3v) is 4.01. The van der Waals surface area contributed by atoms with Crippen LogP contribution in [0.4, 0.5) is 4.79 Å². The molecule has 1 aromatic rings. The third-order valence-electron chi connectivity index (χ3n) is 3.29. The minimum atomic E-state index is -3.97. The molecule has 1 aromatic carbocycles. The van der Waals surface area contributed by atoms with Crippen molar-refractivity contribution in [3.63, 3.8) is 0 Å². The molecule has 0 atom stereocenters. The van der Waals surface area contributed by atoms with Gasteiger partial charge in [0.05, 0.1) is 5.75 Å². The summed E-state index contributed by atoms with van der Waals surface area (Å²) in [6.07, 6.45) is -0.110. The Balaban J connectivity index is 2.04. The molecule has 0 saturated heterocycles. The lowest BCUT2D eigenvalue weighted by Crippen LogP contribution is -2.33. The van der Waals surface area contributed by atoms with E-state index in [2.05, 4.69) is 0 Å². The Labute approximate surface area is 130 Å². The Kier molecular flexibility index (Phi) is 4.49. The molecule has 0 aromatic heterocycles. The van der Waals surface area contributed by atoms with Crippen LogP contribution in [0.3, 0.4) is 0 Å². The zero-order chi connectivity index (χ0) is 16.5. The Morgan fingerprint density at radius 1 is 1.27 bits per heavy atom. The molecule has 0 fully saturated rings. The zero-order valence-corrected chi connectivity index (χ0v) is 13.8. The Morgan fingerprint density at radius 3 is 2.50 bits per heavy atom. The second-order valence-electron chi connectivity index (χ2n) is 6.48. The summed E-state index contributed by atoms with van der Waals surface area (Å²) in [4.78, 5) is 13.7. The number of rotatable bonds is 3. The van der Waals surface area contributed by atoms with Crippen LogP contribution in [0.15, 0.2) is 18.2 Å². The van der Waals surface area contributed by atoms with Gasteiger partial charge >= 0.3 is 6.09 Å². The topological polar surface area (TPSA) is 83.9 Å². The SMILES string of the molecule is CC(C)(C)OC(=O)N1Cc2ccc(CCS(=O)(=O)O)cc2C1. The largest absolute Gasteiger partial charge is 0.444 e. The number of nitrogens with zero attached hydrogens (tertiary/aromatic N) is 1. The highest BCUT2D eigenvalue weighted by atomic mass is 32.2. The van der Waals surface area contributed by atoms with Gasteiger partial charge in [-0.15, -0.1) is 0 Å². The summed E-state index contributed by atoms with van der Waals surface area (Å²) < 4.78 is 35.7. The number of ether oxygens (including phenoxy) is 1. The van der Waals surface area contributed by atoms with E-state index in [0.717, 1.165) is 16.7 Å². The number of carbonyl (C=O) groups is 1. The van der Waals surface area contributed by atoms with Crippen molar-refractivity contribution in [2.45, 2.75) is 45.9 Å². The zero-order valence-electron chi connectivity index (χ0n) is 13.0. The molecule has 0 radical (unpaired) electrons. The van der Waals surface area contributed by atoms with Gasteiger partial charge in [-0.25, -0.2) is 4.79 Å². The smallest absolute Gasteiger partial charge is 0.410 e. The van der Waals surface area contributed by atoms with E-state index in [0.29, 0.717) is 13.1 Å². The van der Waals surface area contributed by atoms with Crippen molar-refractivity contribution in [3.8, 4) is 0 Å². The van der Waals surface area contributed by atoms with Crippen LogP contribution in [-0.4, -0.2) is 35.3 Å². The number of amides is 1. The van der Waals surface area contributed by atoms with Crippen molar-refractivity contribution in [2.75, 3.05) is 5.75 Å². The van der Waals surface area contributed by atoms with Crippen LogP contribution in [-0.2, 0) is 34.4 Å². The molecule has 1 aliphatic heterocycles. The maximum absolute atomic E-state index is 12.1. The maximum atomic E-state index is 12.1. The van der Waals surface area contributed by atoms with E-state index in [4.69, 9.17) is 9.29 Å². The molecule has 6 nitrogen and oxygen atoms in total. The normalized spacial score (nSPS) is 14.8. The van der Waals surface area contributed by atoms with E-state index in [1.54, 1.807) is 4.90 Å². The minimum Gasteiger partial charge on any atom is -0.444 e. The molecule has 0 saturated carbocycles. The van der Waals surface area contributed by atoms with Gasteiger partial charge in [0.25, 0.3) is 10.1 Å². The molecule has 1 heterocycles. The van der Waals surface area contributed by atoms with Crippen LogP contribution in [0.25, 0.3) is 0 Å². The number of benzene rings is 1. The van der Waals surface area contributed by atoms with Crippen LogP contribution in [0.1, 0.15) is 37.5 Å². The van der Waals surface area contributed by atoms with E-state index in [9.17, 15) is 13.2 Å². The van der Waals surface area contributed by atoms with Gasteiger partial charge in [-0.05, 0) is 43.9 Å². The molecular weight excluding hydrogens is 306 g/mol. The molecule has 7 heteroatoms. The summed E-state index contributed by atoms with van der Waals surface area (Å²) in [6, 6.07) is 5.59. The molecule has 1 aliphatic rings. The van der Waals surface area contributed by atoms with E-state index < -0.39 is 15.7 Å².